The molecule has 1 N–H and O–H groups in total. The van der Waals surface area contributed by atoms with Crippen LogP contribution in [-0.4, -0.2) is 57.0 Å². The molecule has 0 spiro atoms. The molecule has 0 heterocycles. The average molecular weight is 220 g/mol. The normalized spacial score (nSPS) is 10.2. The maximum atomic E-state index is 10.8. The van der Waals surface area contributed by atoms with Gasteiger partial charge >= 0.3 is 5.97 Å². The first kappa shape index (κ1) is 14.0. The lowest BCUT2D eigenvalue weighted by atomic mass is 10.3. The largest absolute Gasteiger partial charge is 0.481 e. The van der Waals surface area contributed by atoms with Crippen molar-refractivity contribution in [3.8, 4) is 0 Å². The molecule has 0 rings (SSSR count). The molecule has 0 aromatic carbocycles. The number of rotatable bonds is 10. The van der Waals surface area contributed by atoms with E-state index in [1.807, 2.05) is 0 Å². The molecule has 0 saturated carbocycles. The molecule has 0 unspecified atom stereocenters. The van der Waals surface area contributed by atoms with E-state index < -0.39 is 18.2 Å². The van der Waals surface area contributed by atoms with Crippen LogP contribution in [0.3, 0.4) is 0 Å². The molecular formula is C9H16O6. The summed E-state index contributed by atoms with van der Waals surface area (Å²) in [6.45, 7) is 1.44. The highest BCUT2D eigenvalue weighted by Gasteiger charge is 2.06. The van der Waals surface area contributed by atoms with Crippen molar-refractivity contribution in [1.82, 2.24) is 0 Å². The summed E-state index contributed by atoms with van der Waals surface area (Å²) in [6, 6.07) is 0. The third kappa shape index (κ3) is 10.9. The molecule has 6 nitrogen and oxygen atoms in total. The predicted molar refractivity (Wildman–Crippen MR) is 50.8 cm³/mol. The van der Waals surface area contributed by atoms with Crippen molar-refractivity contribution in [3.05, 3.63) is 0 Å². The van der Waals surface area contributed by atoms with E-state index in [9.17, 15) is 9.59 Å². The molecule has 15 heavy (non-hydrogen) atoms. The van der Waals surface area contributed by atoms with Gasteiger partial charge in [0.25, 0.3) is 0 Å². The summed E-state index contributed by atoms with van der Waals surface area (Å²) in [4.78, 5) is 20.9. The number of aliphatic carboxylic acids is 1. The molecule has 0 amide bonds. The summed E-state index contributed by atoms with van der Waals surface area (Å²) >= 11 is 0. The highest BCUT2D eigenvalue weighted by Crippen LogP contribution is 1.86. The van der Waals surface area contributed by atoms with Crippen molar-refractivity contribution >= 4 is 11.8 Å². The molecule has 0 radical (unpaired) electrons. The number of carboxylic acids is 1. The zero-order chi connectivity index (χ0) is 11.5. The van der Waals surface area contributed by atoms with E-state index in [0.29, 0.717) is 19.8 Å². The second kappa shape index (κ2) is 9.57. The van der Waals surface area contributed by atoms with Gasteiger partial charge in [-0.1, -0.05) is 0 Å². The average Bonchev–Trinajstić information content (AvgIpc) is 2.15. The molecule has 6 heteroatoms. The lowest BCUT2D eigenvalue weighted by Gasteiger charge is -2.04. The topological polar surface area (TPSA) is 82.1 Å². The minimum absolute atomic E-state index is 0.181. The van der Waals surface area contributed by atoms with Crippen LogP contribution in [0.2, 0.25) is 0 Å². The van der Waals surface area contributed by atoms with Gasteiger partial charge in [-0.05, 0) is 0 Å². The van der Waals surface area contributed by atoms with Crippen molar-refractivity contribution < 1.29 is 28.9 Å². The van der Waals surface area contributed by atoms with Crippen molar-refractivity contribution in [3.63, 3.8) is 0 Å². The fraction of sp³-hybridized carbons (Fsp3) is 0.778. The molecule has 0 atom stereocenters. The molecule has 0 bridgehead atoms. The van der Waals surface area contributed by atoms with Crippen molar-refractivity contribution in [2.45, 2.75) is 6.42 Å². The minimum Gasteiger partial charge on any atom is -0.481 e. The second-order valence-electron chi connectivity index (χ2n) is 2.77. The lowest BCUT2D eigenvalue weighted by Crippen LogP contribution is -2.16. The van der Waals surface area contributed by atoms with Gasteiger partial charge in [0.15, 0.2) is 5.78 Å². The first-order valence-electron chi connectivity index (χ1n) is 4.54. The Kier molecular flexibility index (Phi) is 8.95. The van der Waals surface area contributed by atoms with Gasteiger partial charge in [0, 0.05) is 7.11 Å². The van der Waals surface area contributed by atoms with Crippen LogP contribution in [0, 0.1) is 0 Å². The zero-order valence-corrected chi connectivity index (χ0v) is 8.73. The highest BCUT2D eigenvalue weighted by molar-refractivity contribution is 5.95. The number of ketones is 1. The zero-order valence-electron chi connectivity index (χ0n) is 8.73. The number of hydrogen-bond acceptors (Lipinski definition) is 5. The molecule has 0 aliphatic rings. The van der Waals surface area contributed by atoms with Gasteiger partial charge in [-0.2, -0.15) is 0 Å². The Bertz CT molecular complexity index is 191. The van der Waals surface area contributed by atoms with Gasteiger partial charge in [0.1, 0.15) is 13.0 Å². The van der Waals surface area contributed by atoms with E-state index in [1.165, 1.54) is 0 Å². The van der Waals surface area contributed by atoms with Gasteiger partial charge in [0.05, 0.1) is 26.4 Å². The van der Waals surface area contributed by atoms with E-state index >= 15 is 0 Å². The predicted octanol–water partition coefficient (Wildman–Crippen LogP) is -0.290. The van der Waals surface area contributed by atoms with Crippen LogP contribution in [-0.2, 0) is 23.8 Å². The van der Waals surface area contributed by atoms with Gasteiger partial charge in [-0.3, -0.25) is 9.59 Å². The number of carboxylic acid groups (broad SMARTS) is 1. The molecule has 0 fully saturated rings. The minimum atomic E-state index is -1.14. The summed E-state index contributed by atoms with van der Waals surface area (Å²) in [6.07, 6.45) is -0.496. The Hall–Kier alpha value is -0.980. The molecule has 0 aromatic heterocycles. The van der Waals surface area contributed by atoms with Gasteiger partial charge < -0.3 is 19.3 Å². The number of Topliss-reactive ketones (excluding diaryl/α,β-unsaturated/α-hetero) is 1. The summed E-state index contributed by atoms with van der Waals surface area (Å²) in [5.41, 5.74) is 0. The van der Waals surface area contributed by atoms with E-state index in [4.69, 9.17) is 19.3 Å². The Morgan fingerprint density at radius 2 is 1.67 bits per heavy atom. The quantitative estimate of drug-likeness (QED) is 0.402. The van der Waals surface area contributed by atoms with Crippen LogP contribution in [0.1, 0.15) is 6.42 Å². The van der Waals surface area contributed by atoms with Crippen LogP contribution >= 0.6 is 0 Å². The second-order valence-corrected chi connectivity index (χ2v) is 2.77. The van der Waals surface area contributed by atoms with Crippen LogP contribution < -0.4 is 0 Å². The van der Waals surface area contributed by atoms with Crippen LogP contribution in [0.15, 0.2) is 0 Å². The van der Waals surface area contributed by atoms with E-state index in [-0.39, 0.29) is 13.2 Å². The maximum Gasteiger partial charge on any atom is 0.310 e. The van der Waals surface area contributed by atoms with E-state index in [0.717, 1.165) is 0 Å². The number of hydrogen-bond donors (Lipinski definition) is 1. The number of methoxy groups -OCH3 is 1. The summed E-state index contributed by atoms with van der Waals surface area (Å²) < 4.78 is 14.7. The molecule has 0 aliphatic carbocycles. The molecule has 0 aliphatic heterocycles. The summed E-state index contributed by atoms with van der Waals surface area (Å²) in [7, 11) is 1.57. The lowest BCUT2D eigenvalue weighted by molar-refractivity contribution is -0.141. The van der Waals surface area contributed by atoms with Crippen molar-refractivity contribution in [2.75, 3.05) is 40.1 Å². The third-order valence-electron chi connectivity index (χ3n) is 1.42. The SMILES string of the molecule is COCCOCCOCC(=O)CC(=O)O. The van der Waals surface area contributed by atoms with Crippen LogP contribution in [0.25, 0.3) is 0 Å². The Labute approximate surface area is 88.1 Å². The summed E-state index contributed by atoms with van der Waals surface area (Å²) in [5, 5.41) is 8.27. The van der Waals surface area contributed by atoms with Crippen LogP contribution in [0.4, 0.5) is 0 Å². The van der Waals surface area contributed by atoms with Crippen LogP contribution in [0.5, 0.6) is 0 Å². The number of carbonyl (C=O) groups is 2. The number of carbonyl (C=O) groups excluding carboxylic acids is 1. The van der Waals surface area contributed by atoms with E-state index in [2.05, 4.69) is 0 Å². The van der Waals surface area contributed by atoms with E-state index in [1.54, 1.807) is 7.11 Å². The monoisotopic (exact) mass is 220 g/mol. The maximum absolute atomic E-state index is 10.8. The van der Waals surface area contributed by atoms with Crippen molar-refractivity contribution in [1.29, 1.82) is 0 Å². The van der Waals surface area contributed by atoms with Gasteiger partial charge in [-0.15, -0.1) is 0 Å². The smallest absolute Gasteiger partial charge is 0.310 e. The molecule has 0 aromatic rings. The van der Waals surface area contributed by atoms with Crippen molar-refractivity contribution in [2.24, 2.45) is 0 Å². The summed E-state index contributed by atoms with van der Waals surface area (Å²) in [5.74, 6) is -1.58. The Morgan fingerprint density at radius 3 is 2.27 bits per heavy atom. The van der Waals surface area contributed by atoms with Gasteiger partial charge in [0.2, 0.25) is 0 Å². The first-order chi connectivity index (χ1) is 7.16. The standard InChI is InChI=1S/C9H16O6/c1-13-2-3-14-4-5-15-7-8(10)6-9(11)12/h2-7H2,1H3,(H,11,12). The Balaban J connectivity index is 3.16. The third-order valence-corrected chi connectivity index (χ3v) is 1.42. The number of ether oxygens (including phenoxy) is 3. The first-order valence-corrected chi connectivity index (χ1v) is 4.54. The Morgan fingerprint density at radius 1 is 1.07 bits per heavy atom. The fourth-order valence-electron chi connectivity index (χ4n) is 0.768. The molecule has 0 saturated heterocycles. The molecule has 88 valence electrons. The highest BCUT2D eigenvalue weighted by atomic mass is 16.5. The molecular weight excluding hydrogens is 204 g/mol. The fourth-order valence-corrected chi connectivity index (χ4v) is 0.768. The van der Waals surface area contributed by atoms with Gasteiger partial charge in [-0.25, -0.2) is 0 Å².